The minimum atomic E-state index is 0.0350. The predicted molar refractivity (Wildman–Crippen MR) is 105 cm³/mol. The third-order valence-electron chi connectivity index (χ3n) is 6.42. The summed E-state index contributed by atoms with van der Waals surface area (Å²) in [6.07, 6.45) is 9.95. The van der Waals surface area contributed by atoms with Crippen LogP contribution in [0.25, 0.3) is 0 Å². The Hall–Kier alpha value is -2.61. The Morgan fingerprint density at radius 3 is 2.54 bits per heavy atom. The van der Waals surface area contributed by atoms with Crippen LogP contribution in [0.1, 0.15) is 34.9 Å². The van der Waals surface area contributed by atoms with Gasteiger partial charge in [-0.05, 0) is 59.9 Å². The average Bonchev–Trinajstić information content (AvgIpc) is 2.68. The Kier molecular flexibility index (Phi) is 3.59. The molecule has 130 valence electrons. The molecule has 1 amide bonds. The molecular weight excluding hydrogens is 318 g/mol. The minimum absolute atomic E-state index is 0.0350. The van der Waals surface area contributed by atoms with Gasteiger partial charge in [-0.1, -0.05) is 60.7 Å². The molecule has 4 aliphatic carbocycles. The average molecular weight is 341 g/mol. The number of hydrogen-bond acceptors (Lipinski definition) is 1. The lowest BCUT2D eigenvalue weighted by Gasteiger charge is -2.52. The van der Waals surface area contributed by atoms with Gasteiger partial charge in [-0.25, -0.2) is 0 Å². The van der Waals surface area contributed by atoms with E-state index in [-0.39, 0.29) is 17.7 Å². The van der Waals surface area contributed by atoms with Crippen molar-refractivity contribution in [3.8, 4) is 0 Å². The summed E-state index contributed by atoms with van der Waals surface area (Å²) in [6, 6.07) is 16.8. The van der Waals surface area contributed by atoms with Crippen molar-refractivity contribution in [1.82, 2.24) is 0 Å². The third kappa shape index (κ3) is 2.36. The Morgan fingerprint density at radius 1 is 0.962 bits per heavy atom. The lowest BCUT2D eigenvalue weighted by molar-refractivity contribution is -0.122. The fourth-order valence-corrected chi connectivity index (χ4v) is 5.39. The quantitative estimate of drug-likeness (QED) is 0.800. The highest BCUT2D eigenvalue weighted by Gasteiger charge is 2.51. The molecule has 1 fully saturated rings. The molecular formula is C24H23NO. The molecule has 0 aliphatic heterocycles. The summed E-state index contributed by atoms with van der Waals surface area (Å²) in [5.41, 5.74) is 4.91. The van der Waals surface area contributed by atoms with E-state index < -0.39 is 0 Å². The van der Waals surface area contributed by atoms with Gasteiger partial charge < -0.3 is 5.32 Å². The lowest BCUT2D eigenvalue weighted by Crippen LogP contribution is -2.46. The minimum Gasteiger partial charge on any atom is -0.326 e. The van der Waals surface area contributed by atoms with Gasteiger partial charge in [0.25, 0.3) is 0 Å². The molecule has 2 heteroatoms. The van der Waals surface area contributed by atoms with Crippen LogP contribution in [0.3, 0.4) is 0 Å². The zero-order chi connectivity index (χ0) is 17.7. The van der Waals surface area contributed by atoms with Crippen molar-refractivity contribution in [2.24, 2.45) is 17.8 Å². The van der Waals surface area contributed by atoms with E-state index in [1.54, 1.807) is 0 Å². The van der Waals surface area contributed by atoms with E-state index in [1.165, 1.54) is 16.7 Å². The molecule has 1 saturated carbocycles. The monoisotopic (exact) mass is 341 g/mol. The Bertz CT molecular complexity index is 925. The van der Waals surface area contributed by atoms with Gasteiger partial charge >= 0.3 is 0 Å². The van der Waals surface area contributed by atoms with E-state index in [1.807, 2.05) is 18.2 Å². The molecule has 6 rings (SSSR count). The van der Waals surface area contributed by atoms with Gasteiger partial charge in [-0.2, -0.15) is 0 Å². The van der Waals surface area contributed by atoms with Crippen molar-refractivity contribution in [1.29, 1.82) is 0 Å². The van der Waals surface area contributed by atoms with E-state index in [0.717, 1.165) is 12.1 Å². The van der Waals surface area contributed by atoms with Crippen molar-refractivity contribution in [3.63, 3.8) is 0 Å². The number of rotatable bonds is 2. The first kappa shape index (κ1) is 15.6. The Balaban J connectivity index is 1.51. The number of nitrogens with one attached hydrogen (secondary N) is 1. The highest BCUT2D eigenvalue weighted by Crippen LogP contribution is 2.59. The number of allylic oxidation sites excluding steroid dienone is 4. The fraction of sp³-hybridized carbons (Fsp3) is 0.292. The van der Waals surface area contributed by atoms with Gasteiger partial charge in [0.2, 0.25) is 5.91 Å². The smallest absolute Gasteiger partial charge is 0.228 e. The molecule has 0 radical (unpaired) electrons. The van der Waals surface area contributed by atoms with Crippen LogP contribution in [0.5, 0.6) is 0 Å². The summed E-state index contributed by atoms with van der Waals surface area (Å²) in [4.78, 5) is 13.2. The van der Waals surface area contributed by atoms with E-state index in [2.05, 4.69) is 66.9 Å². The maximum Gasteiger partial charge on any atom is 0.228 e. The van der Waals surface area contributed by atoms with Gasteiger partial charge in [0, 0.05) is 17.5 Å². The number of amides is 1. The van der Waals surface area contributed by atoms with Gasteiger partial charge in [0.05, 0.1) is 0 Å². The second kappa shape index (κ2) is 5.98. The number of benzene rings is 2. The summed E-state index contributed by atoms with van der Waals surface area (Å²) in [5.74, 6) is 1.88. The molecule has 2 bridgehead atoms. The number of hydrogen-bond donors (Lipinski definition) is 1. The van der Waals surface area contributed by atoms with E-state index in [4.69, 9.17) is 0 Å². The third-order valence-corrected chi connectivity index (χ3v) is 6.42. The highest BCUT2D eigenvalue weighted by atomic mass is 16.1. The highest BCUT2D eigenvalue weighted by molar-refractivity contribution is 5.94. The molecule has 5 atom stereocenters. The Labute approximate surface area is 154 Å². The maximum absolute atomic E-state index is 13.2. The summed E-state index contributed by atoms with van der Waals surface area (Å²) in [6.45, 7) is 2.05. The second-order valence-corrected chi connectivity index (χ2v) is 7.89. The van der Waals surface area contributed by atoms with Crippen LogP contribution < -0.4 is 5.32 Å². The number of fused-ring (bicyclic) bond motifs is 1. The predicted octanol–water partition coefficient (Wildman–Crippen LogP) is 5.19. The first-order valence-corrected chi connectivity index (χ1v) is 9.54. The molecule has 0 heterocycles. The van der Waals surface area contributed by atoms with Crippen molar-refractivity contribution in [2.45, 2.75) is 25.2 Å². The topological polar surface area (TPSA) is 29.1 Å². The van der Waals surface area contributed by atoms with Crippen LogP contribution in [0.4, 0.5) is 5.69 Å². The van der Waals surface area contributed by atoms with Gasteiger partial charge in [0.15, 0.2) is 0 Å². The van der Waals surface area contributed by atoms with Crippen molar-refractivity contribution >= 4 is 11.6 Å². The number of carbonyl (C=O) groups is 1. The summed E-state index contributed by atoms with van der Waals surface area (Å²) in [5, 5.41) is 3.18. The van der Waals surface area contributed by atoms with Crippen LogP contribution in [-0.2, 0) is 4.79 Å². The van der Waals surface area contributed by atoms with Crippen molar-refractivity contribution in [2.75, 3.05) is 5.32 Å². The molecule has 2 aromatic rings. The van der Waals surface area contributed by atoms with Crippen molar-refractivity contribution < 1.29 is 4.79 Å². The lowest BCUT2D eigenvalue weighted by atomic mass is 9.51. The molecule has 0 unspecified atom stereocenters. The molecule has 26 heavy (non-hydrogen) atoms. The fourth-order valence-electron chi connectivity index (χ4n) is 5.39. The molecule has 0 aromatic heterocycles. The van der Waals surface area contributed by atoms with Crippen LogP contribution >= 0.6 is 0 Å². The molecule has 2 aromatic carbocycles. The zero-order valence-electron chi connectivity index (χ0n) is 14.9. The van der Waals surface area contributed by atoms with E-state index in [9.17, 15) is 4.79 Å². The standard InChI is InChI=1S/C24H23NO/c1-15-7-6-8-16(13-15)25-24(26)22-14-21-17-9-2-4-11-19(17)23(22)20-12-5-3-10-18(20)21/h2-13,17,19,21-23H,14H2,1H3,(H,25,26)/t17-,19+,21-,22+,23-/m1/s1. The molecule has 0 spiro atoms. The van der Waals surface area contributed by atoms with Crippen LogP contribution in [0.2, 0.25) is 0 Å². The normalized spacial score (nSPS) is 30.6. The molecule has 2 nitrogen and oxygen atoms in total. The molecule has 0 saturated heterocycles. The van der Waals surface area contributed by atoms with E-state index >= 15 is 0 Å². The molecule has 4 aliphatic rings. The Morgan fingerprint density at radius 2 is 1.73 bits per heavy atom. The first-order valence-electron chi connectivity index (χ1n) is 9.54. The van der Waals surface area contributed by atoms with Crippen LogP contribution in [0.15, 0.2) is 72.8 Å². The van der Waals surface area contributed by atoms with Gasteiger partial charge in [-0.3, -0.25) is 4.79 Å². The summed E-state index contributed by atoms with van der Waals surface area (Å²) in [7, 11) is 0. The van der Waals surface area contributed by atoms with Crippen molar-refractivity contribution in [3.05, 3.63) is 89.5 Å². The van der Waals surface area contributed by atoms with Crippen LogP contribution in [0, 0.1) is 24.7 Å². The second-order valence-electron chi connectivity index (χ2n) is 7.89. The van der Waals surface area contributed by atoms with Gasteiger partial charge in [0.1, 0.15) is 0 Å². The number of anilines is 1. The molecule has 1 N–H and O–H groups in total. The number of carbonyl (C=O) groups excluding carboxylic acids is 1. The van der Waals surface area contributed by atoms with E-state index in [0.29, 0.717) is 17.8 Å². The zero-order valence-corrected chi connectivity index (χ0v) is 14.9. The SMILES string of the molecule is Cc1cccc(NC(=O)[C@H]2C[C@H]3c4ccccc4[C@H]2[C@H]2C=CC=C[C@H]23)c1. The summed E-state index contributed by atoms with van der Waals surface area (Å²) >= 11 is 0. The maximum atomic E-state index is 13.2. The van der Waals surface area contributed by atoms with Crippen LogP contribution in [-0.4, -0.2) is 5.91 Å². The largest absolute Gasteiger partial charge is 0.326 e. The van der Waals surface area contributed by atoms with Gasteiger partial charge in [-0.15, -0.1) is 0 Å². The summed E-state index contributed by atoms with van der Waals surface area (Å²) < 4.78 is 0. The number of aryl methyl sites for hydroxylation is 1. The first-order chi connectivity index (χ1) is 12.7.